The molecule has 1 aliphatic carbocycles. The average Bonchev–Trinajstić information content (AvgIpc) is 2.76. The van der Waals surface area contributed by atoms with Crippen LogP contribution in [0.1, 0.15) is 31.7 Å². The fourth-order valence-electron chi connectivity index (χ4n) is 1.83. The first kappa shape index (κ1) is 8.57. The molecule has 0 aromatic heterocycles. The maximum absolute atomic E-state index is 8.64. The molecule has 1 unspecified atom stereocenters. The van der Waals surface area contributed by atoms with Crippen LogP contribution in [-0.2, 0) is 0 Å². The molecule has 2 rings (SSSR count). The lowest BCUT2D eigenvalue weighted by molar-refractivity contribution is 0.389. The predicted octanol–water partition coefficient (Wildman–Crippen LogP) is 3.00. The lowest BCUT2D eigenvalue weighted by atomic mass is 10.0. The lowest BCUT2D eigenvalue weighted by Gasteiger charge is -2.04. The highest BCUT2D eigenvalue weighted by Crippen LogP contribution is 2.58. The maximum Gasteiger partial charge on any atom is 0.0602 e. The van der Waals surface area contributed by atoms with E-state index < -0.39 is 0 Å². The minimum atomic E-state index is 0.480. The van der Waals surface area contributed by atoms with E-state index in [2.05, 4.69) is 31.5 Å². The largest absolute Gasteiger partial charge is 0.291 e. The topological polar surface area (TPSA) is 32.3 Å². The number of benzene rings is 1. The predicted molar refractivity (Wildman–Crippen MR) is 53.0 cm³/mol. The zero-order valence-corrected chi connectivity index (χ0v) is 8.04. The maximum atomic E-state index is 8.64. The van der Waals surface area contributed by atoms with Gasteiger partial charge >= 0.3 is 0 Å². The van der Waals surface area contributed by atoms with Gasteiger partial charge in [-0.25, -0.2) is 0 Å². The second-order valence-electron chi connectivity index (χ2n) is 4.48. The van der Waals surface area contributed by atoms with Crippen molar-refractivity contribution in [3.05, 3.63) is 29.8 Å². The molecule has 0 bridgehead atoms. The molecule has 2 N–H and O–H groups in total. The molecule has 0 aliphatic heterocycles. The summed E-state index contributed by atoms with van der Waals surface area (Å²) in [6.07, 6.45) is 1.28. The lowest BCUT2D eigenvalue weighted by Crippen LogP contribution is -1.91. The van der Waals surface area contributed by atoms with E-state index in [0.29, 0.717) is 11.3 Å². The number of anilines is 1. The molecule has 2 nitrogen and oxygen atoms in total. The molecular weight excluding hydrogens is 162 g/mol. The molecule has 1 fully saturated rings. The van der Waals surface area contributed by atoms with E-state index in [1.165, 1.54) is 12.0 Å². The van der Waals surface area contributed by atoms with Crippen molar-refractivity contribution in [2.24, 2.45) is 5.41 Å². The Morgan fingerprint density at radius 2 is 1.85 bits per heavy atom. The van der Waals surface area contributed by atoms with Crippen molar-refractivity contribution in [3.8, 4) is 0 Å². The first-order valence-corrected chi connectivity index (χ1v) is 4.63. The van der Waals surface area contributed by atoms with Gasteiger partial charge in [0.2, 0.25) is 0 Å². The van der Waals surface area contributed by atoms with Gasteiger partial charge in [0, 0.05) is 0 Å². The Hall–Kier alpha value is -1.02. The quantitative estimate of drug-likeness (QED) is 0.680. The highest BCUT2D eigenvalue weighted by atomic mass is 16.5. The van der Waals surface area contributed by atoms with Gasteiger partial charge in [-0.05, 0) is 35.4 Å². The van der Waals surface area contributed by atoms with Crippen LogP contribution >= 0.6 is 0 Å². The first-order chi connectivity index (χ1) is 6.13. The Morgan fingerprint density at radius 3 is 2.23 bits per heavy atom. The smallest absolute Gasteiger partial charge is 0.0602 e. The number of nitrogens with one attached hydrogen (secondary N) is 1. The Labute approximate surface area is 78.5 Å². The highest BCUT2D eigenvalue weighted by Gasteiger charge is 2.46. The Balaban J connectivity index is 2.16. The standard InChI is InChI=1S/C11H15NO/c1-11(2)7-10(11)8-3-5-9(12-13)6-4-8/h3-6,10,12-13H,7H2,1-2H3. The zero-order valence-electron chi connectivity index (χ0n) is 8.04. The van der Waals surface area contributed by atoms with Crippen molar-refractivity contribution in [1.29, 1.82) is 0 Å². The molecule has 1 atom stereocenters. The summed E-state index contributed by atoms with van der Waals surface area (Å²) in [4.78, 5) is 0. The van der Waals surface area contributed by atoms with E-state index >= 15 is 0 Å². The normalized spacial score (nSPS) is 24.1. The summed E-state index contributed by atoms with van der Waals surface area (Å²) in [5.74, 6) is 0.709. The van der Waals surface area contributed by atoms with Gasteiger partial charge in [0.05, 0.1) is 5.69 Å². The molecule has 70 valence electrons. The van der Waals surface area contributed by atoms with Crippen molar-refractivity contribution in [2.45, 2.75) is 26.2 Å². The summed E-state index contributed by atoms with van der Waals surface area (Å²) in [5.41, 5.74) is 4.75. The molecule has 2 heteroatoms. The zero-order chi connectivity index (χ0) is 9.47. The summed E-state index contributed by atoms with van der Waals surface area (Å²) >= 11 is 0. The third kappa shape index (κ3) is 1.54. The SMILES string of the molecule is CC1(C)CC1c1ccc(NO)cc1. The first-order valence-electron chi connectivity index (χ1n) is 4.63. The van der Waals surface area contributed by atoms with Crippen LogP contribution in [0.5, 0.6) is 0 Å². The summed E-state index contributed by atoms with van der Waals surface area (Å²) < 4.78 is 0. The van der Waals surface area contributed by atoms with Gasteiger partial charge in [0.15, 0.2) is 0 Å². The average molecular weight is 177 g/mol. The van der Waals surface area contributed by atoms with Crippen LogP contribution in [0, 0.1) is 5.41 Å². The molecule has 1 aromatic carbocycles. The van der Waals surface area contributed by atoms with Crippen molar-refractivity contribution >= 4 is 5.69 Å². The Morgan fingerprint density at radius 1 is 1.31 bits per heavy atom. The van der Waals surface area contributed by atoms with Crippen molar-refractivity contribution < 1.29 is 5.21 Å². The summed E-state index contributed by atoms with van der Waals surface area (Å²) in [6.45, 7) is 4.58. The Kier molecular flexibility index (Phi) is 1.81. The third-order valence-corrected chi connectivity index (χ3v) is 2.96. The molecule has 1 saturated carbocycles. The molecule has 0 heterocycles. The van der Waals surface area contributed by atoms with Crippen LogP contribution in [0.15, 0.2) is 24.3 Å². The number of rotatable bonds is 2. The van der Waals surface area contributed by atoms with E-state index in [-0.39, 0.29) is 0 Å². The monoisotopic (exact) mass is 177 g/mol. The molecule has 13 heavy (non-hydrogen) atoms. The minimum absolute atomic E-state index is 0.480. The van der Waals surface area contributed by atoms with Crippen molar-refractivity contribution in [2.75, 3.05) is 5.48 Å². The number of hydrogen-bond acceptors (Lipinski definition) is 2. The van der Waals surface area contributed by atoms with Gasteiger partial charge in [0.25, 0.3) is 0 Å². The van der Waals surface area contributed by atoms with Gasteiger partial charge in [-0.2, -0.15) is 0 Å². The fourth-order valence-corrected chi connectivity index (χ4v) is 1.83. The molecule has 1 aliphatic rings. The van der Waals surface area contributed by atoms with Crippen molar-refractivity contribution in [1.82, 2.24) is 0 Å². The van der Waals surface area contributed by atoms with Crippen molar-refractivity contribution in [3.63, 3.8) is 0 Å². The van der Waals surface area contributed by atoms with E-state index in [0.717, 1.165) is 5.69 Å². The van der Waals surface area contributed by atoms with Crippen LogP contribution in [0.25, 0.3) is 0 Å². The highest BCUT2D eigenvalue weighted by molar-refractivity contribution is 5.44. The number of hydrogen-bond donors (Lipinski definition) is 2. The van der Waals surface area contributed by atoms with Crippen LogP contribution < -0.4 is 5.48 Å². The van der Waals surface area contributed by atoms with Gasteiger partial charge in [0.1, 0.15) is 0 Å². The van der Waals surface area contributed by atoms with Gasteiger partial charge in [-0.15, -0.1) is 0 Å². The second-order valence-corrected chi connectivity index (χ2v) is 4.48. The van der Waals surface area contributed by atoms with Crippen LogP contribution in [0.4, 0.5) is 5.69 Å². The van der Waals surface area contributed by atoms with Crippen LogP contribution in [0.2, 0.25) is 0 Å². The molecule has 0 amide bonds. The summed E-state index contributed by atoms with van der Waals surface area (Å²) in [7, 11) is 0. The van der Waals surface area contributed by atoms with Crippen LogP contribution in [-0.4, -0.2) is 5.21 Å². The molecule has 0 spiro atoms. The van der Waals surface area contributed by atoms with E-state index in [1.54, 1.807) is 0 Å². The molecular formula is C11H15NO. The van der Waals surface area contributed by atoms with Gasteiger partial charge < -0.3 is 0 Å². The third-order valence-electron chi connectivity index (χ3n) is 2.96. The van der Waals surface area contributed by atoms with Gasteiger partial charge in [-0.3, -0.25) is 10.7 Å². The summed E-state index contributed by atoms with van der Waals surface area (Å²) in [6, 6.07) is 7.98. The molecule has 0 radical (unpaired) electrons. The summed E-state index contributed by atoms with van der Waals surface area (Å²) in [5, 5.41) is 8.64. The fraction of sp³-hybridized carbons (Fsp3) is 0.455. The van der Waals surface area contributed by atoms with Crippen LogP contribution in [0.3, 0.4) is 0 Å². The second kappa shape index (κ2) is 2.74. The molecule has 0 saturated heterocycles. The van der Waals surface area contributed by atoms with E-state index in [9.17, 15) is 0 Å². The van der Waals surface area contributed by atoms with E-state index in [1.807, 2.05) is 12.1 Å². The van der Waals surface area contributed by atoms with Gasteiger partial charge in [-0.1, -0.05) is 26.0 Å². The minimum Gasteiger partial charge on any atom is -0.291 e. The molecule has 1 aromatic rings. The Bertz CT molecular complexity index is 302. The van der Waals surface area contributed by atoms with E-state index in [4.69, 9.17) is 5.21 Å².